The van der Waals surface area contributed by atoms with Crippen molar-refractivity contribution in [2.24, 2.45) is 0 Å². The fraction of sp³-hybridized carbons (Fsp3) is 0. The maximum absolute atomic E-state index is 10.9. The topological polar surface area (TPSA) is 57.4 Å². The maximum atomic E-state index is 10.9. The Labute approximate surface area is 320 Å². The monoisotopic (exact) mass is 716 g/mol. The van der Waals surface area contributed by atoms with Crippen LogP contribution < -0.4 is 0 Å². The van der Waals surface area contributed by atoms with Gasteiger partial charge in [0.05, 0.1) is 39.3 Å². The molecule has 0 N–H and O–H groups in total. The van der Waals surface area contributed by atoms with Crippen molar-refractivity contribution < 1.29 is 0 Å². The predicted octanol–water partition coefficient (Wildman–Crippen LogP) is 13.3. The van der Waals surface area contributed by atoms with Gasteiger partial charge in [0.2, 0.25) is 0 Å². The molecule has 0 radical (unpaired) electrons. The Kier molecular flexibility index (Phi) is 6.82. The van der Waals surface area contributed by atoms with Gasteiger partial charge in [0.15, 0.2) is 0 Å². The van der Waals surface area contributed by atoms with Crippen molar-refractivity contribution in [3.05, 3.63) is 181 Å². The van der Waals surface area contributed by atoms with Crippen LogP contribution in [0.3, 0.4) is 0 Å². The lowest BCUT2D eigenvalue weighted by Crippen LogP contribution is -2.01. The molecule has 3 aromatic heterocycles. The zero-order chi connectivity index (χ0) is 36.6. The van der Waals surface area contributed by atoms with Crippen molar-refractivity contribution in [3.63, 3.8) is 0 Å². The molecule has 0 unspecified atom stereocenters. The molecule has 5 heteroatoms. The lowest BCUT2D eigenvalue weighted by molar-refractivity contribution is 1.13. The lowest BCUT2D eigenvalue weighted by Gasteiger charge is -2.17. The predicted molar refractivity (Wildman–Crippen MR) is 228 cm³/mol. The summed E-state index contributed by atoms with van der Waals surface area (Å²) in [6, 6.07) is 64.0. The van der Waals surface area contributed by atoms with Crippen molar-refractivity contribution >= 4 is 75.1 Å². The fourth-order valence-corrected chi connectivity index (χ4v) is 9.93. The van der Waals surface area contributed by atoms with Gasteiger partial charge in [-0.25, -0.2) is 0 Å². The standard InChI is InChI=1S/C50H28N4S/c51-29-31-12-1-2-13-35(31)37-19-11-18-36(43(37)30-52)32-26-33(53-44-20-7-3-14-38(44)39-15-4-8-21-45(39)53)28-34(27-32)54-46-22-9-5-17-42(46)49-47(54)25-24-41-40-16-6-10-23-48(40)55-50(41)49/h1-28H. The minimum absolute atomic E-state index is 0.532. The summed E-state index contributed by atoms with van der Waals surface area (Å²) < 4.78 is 7.29. The van der Waals surface area contributed by atoms with Crippen molar-refractivity contribution in [3.8, 4) is 45.8 Å². The molecule has 0 spiro atoms. The first kappa shape index (κ1) is 31.1. The van der Waals surface area contributed by atoms with Gasteiger partial charge in [-0.2, -0.15) is 10.5 Å². The molecular weight excluding hydrogens is 689 g/mol. The minimum Gasteiger partial charge on any atom is -0.309 e. The van der Waals surface area contributed by atoms with E-state index in [9.17, 15) is 10.5 Å². The normalized spacial score (nSPS) is 11.6. The van der Waals surface area contributed by atoms with Gasteiger partial charge in [0, 0.05) is 69.8 Å². The number of rotatable bonds is 4. The van der Waals surface area contributed by atoms with Crippen LogP contribution in [0.4, 0.5) is 0 Å². The summed E-state index contributed by atoms with van der Waals surface area (Å²) in [6.07, 6.45) is 0. The quantitative estimate of drug-likeness (QED) is 0.182. The molecule has 0 aliphatic rings. The smallest absolute Gasteiger partial charge is 0.100 e. The zero-order valence-corrected chi connectivity index (χ0v) is 30.2. The SMILES string of the molecule is N#Cc1ccccc1-c1cccc(-c2cc(-n3c4ccccc4c4ccccc43)cc(-n3c4ccccc4c4c5sc6ccccc6c5ccc43)c2)c1C#N. The van der Waals surface area contributed by atoms with Gasteiger partial charge < -0.3 is 9.13 Å². The van der Waals surface area contributed by atoms with Crippen LogP contribution in [0, 0.1) is 22.7 Å². The zero-order valence-electron chi connectivity index (χ0n) is 29.4. The Balaban J connectivity index is 1.26. The number of nitrogens with zero attached hydrogens (tertiary/aromatic N) is 4. The molecule has 3 heterocycles. The Bertz CT molecular complexity index is 3420. The molecule has 4 nitrogen and oxygen atoms in total. The fourth-order valence-electron chi connectivity index (χ4n) is 8.68. The highest BCUT2D eigenvalue weighted by molar-refractivity contribution is 7.26. The molecule has 0 amide bonds. The van der Waals surface area contributed by atoms with E-state index >= 15 is 0 Å². The van der Waals surface area contributed by atoms with Crippen LogP contribution in [0.15, 0.2) is 170 Å². The van der Waals surface area contributed by atoms with Crippen LogP contribution in [0.25, 0.3) is 97.4 Å². The van der Waals surface area contributed by atoms with Gasteiger partial charge in [-0.3, -0.25) is 0 Å². The van der Waals surface area contributed by atoms with Crippen LogP contribution in [-0.2, 0) is 0 Å². The van der Waals surface area contributed by atoms with Gasteiger partial charge in [-0.1, -0.05) is 115 Å². The first-order valence-corrected chi connectivity index (χ1v) is 19.0. The number of hydrogen-bond donors (Lipinski definition) is 0. The summed E-state index contributed by atoms with van der Waals surface area (Å²) in [5.41, 5.74) is 10.7. The number of para-hydroxylation sites is 3. The molecule has 254 valence electrons. The van der Waals surface area contributed by atoms with Crippen molar-refractivity contribution in [2.45, 2.75) is 0 Å². The van der Waals surface area contributed by atoms with E-state index in [0.717, 1.165) is 55.7 Å². The average molecular weight is 717 g/mol. The van der Waals surface area contributed by atoms with E-state index in [1.165, 1.54) is 41.7 Å². The number of benzene rings is 8. The average Bonchev–Trinajstić information content (AvgIpc) is 3.91. The number of nitriles is 2. The highest BCUT2D eigenvalue weighted by Gasteiger charge is 2.21. The van der Waals surface area contributed by atoms with E-state index in [1.54, 1.807) is 6.07 Å². The maximum Gasteiger partial charge on any atom is 0.100 e. The number of aromatic nitrogens is 2. The summed E-state index contributed by atoms with van der Waals surface area (Å²) >= 11 is 1.85. The second kappa shape index (κ2) is 12.0. The third-order valence-corrected chi connectivity index (χ3v) is 12.2. The minimum atomic E-state index is 0.532. The lowest BCUT2D eigenvalue weighted by atomic mass is 9.90. The van der Waals surface area contributed by atoms with Crippen LogP contribution in [0.1, 0.15) is 11.1 Å². The first-order chi connectivity index (χ1) is 27.2. The molecular formula is C50H28N4S. The van der Waals surface area contributed by atoms with Crippen molar-refractivity contribution in [2.75, 3.05) is 0 Å². The van der Waals surface area contributed by atoms with E-state index < -0.39 is 0 Å². The summed E-state index contributed by atoms with van der Waals surface area (Å²) in [5.74, 6) is 0. The van der Waals surface area contributed by atoms with Gasteiger partial charge in [-0.05, 0) is 60.2 Å². The van der Waals surface area contributed by atoms with E-state index in [0.29, 0.717) is 11.1 Å². The third kappa shape index (κ3) is 4.55. The highest BCUT2D eigenvalue weighted by Crippen LogP contribution is 2.45. The summed E-state index contributed by atoms with van der Waals surface area (Å²) in [7, 11) is 0. The molecule has 0 bridgehead atoms. The molecule has 11 rings (SSSR count). The largest absolute Gasteiger partial charge is 0.309 e. The number of thiophene rings is 1. The molecule has 0 aliphatic carbocycles. The van der Waals surface area contributed by atoms with E-state index in [1.807, 2.05) is 47.7 Å². The molecule has 0 aliphatic heterocycles. The van der Waals surface area contributed by atoms with Gasteiger partial charge in [0.1, 0.15) is 6.07 Å². The van der Waals surface area contributed by atoms with Crippen LogP contribution in [-0.4, -0.2) is 9.13 Å². The first-order valence-electron chi connectivity index (χ1n) is 18.2. The van der Waals surface area contributed by atoms with Gasteiger partial charge in [0.25, 0.3) is 0 Å². The highest BCUT2D eigenvalue weighted by atomic mass is 32.1. The number of fused-ring (bicyclic) bond motifs is 10. The van der Waals surface area contributed by atoms with Crippen LogP contribution in [0.2, 0.25) is 0 Å². The summed E-state index contributed by atoms with van der Waals surface area (Å²) in [6.45, 7) is 0. The molecule has 11 aromatic rings. The second-order valence-corrected chi connectivity index (χ2v) is 14.9. The number of hydrogen-bond acceptors (Lipinski definition) is 3. The Morgan fingerprint density at radius 3 is 1.69 bits per heavy atom. The molecule has 55 heavy (non-hydrogen) atoms. The Morgan fingerprint density at radius 2 is 0.982 bits per heavy atom. The van der Waals surface area contributed by atoms with Crippen LogP contribution >= 0.6 is 11.3 Å². The van der Waals surface area contributed by atoms with E-state index in [2.05, 4.69) is 149 Å². The van der Waals surface area contributed by atoms with Crippen molar-refractivity contribution in [1.82, 2.24) is 9.13 Å². The van der Waals surface area contributed by atoms with Crippen LogP contribution in [0.5, 0.6) is 0 Å². The third-order valence-electron chi connectivity index (χ3n) is 11.0. The molecule has 0 saturated heterocycles. The molecule has 0 atom stereocenters. The molecule has 0 fully saturated rings. The van der Waals surface area contributed by atoms with E-state index in [4.69, 9.17) is 0 Å². The second-order valence-electron chi connectivity index (χ2n) is 13.9. The summed E-state index contributed by atoms with van der Waals surface area (Å²) in [4.78, 5) is 0. The van der Waals surface area contributed by atoms with Gasteiger partial charge >= 0.3 is 0 Å². The van der Waals surface area contributed by atoms with Gasteiger partial charge in [-0.15, -0.1) is 11.3 Å². The molecule has 8 aromatic carbocycles. The summed E-state index contributed by atoms with van der Waals surface area (Å²) in [5, 5.41) is 28.3. The Morgan fingerprint density at radius 1 is 0.418 bits per heavy atom. The van der Waals surface area contributed by atoms with Crippen molar-refractivity contribution in [1.29, 1.82) is 10.5 Å². The van der Waals surface area contributed by atoms with E-state index in [-0.39, 0.29) is 0 Å². The molecule has 0 saturated carbocycles. The Hall–Kier alpha value is -7.44.